The number of nitrogens with one attached hydrogen (secondary N) is 1. The van der Waals surface area contributed by atoms with Crippen molar-refractivity contribution in [1.82, 2.24) is 15.2 Å². The molecule has 3 aromatic carbocycles. The van der Waals surface area contributed by atoms with Gasteiger partial charge in [0.2, 0.25) is 0 Å². The van der Waals surface area contributed by atoms with Crippen LogP contribution in [0.5, 0.6) is 0 Å². The van der Waals surface area contributed by atoms with Crippen LogP contribution in [0.1, 0.15) is 40.0 Å². The highest BCUT2D eigenvalue weighted by Gasteiger charge is 2.14. The molecule has 35 heavy (non-hydrogen) atoms. The number of hydrogen-bond acceptors (Lipinski definition) is 5. The largest absolute Gasteiger partial charge is 0.348 e. The molecule has 0 aliphatic carbocycles. The van der Waals surface area contributed by atoms with Gasteiger partial charge in [0.1, 0.15) is 0 Å². The van der Waals surface area contributed by atoms with E-state index < -0.39 is 0 Å². The maximum absolute atomic E-state index is 13.1. The Morgan fingerprint density at radius 1 is 0.971 bits per heavy atom. The van der Waals surface area contributed by atoms with Crippen molar-refractivity contribution < 1.29 is 4.79 Å². The second-order valence-corrected chi connectivity index (χ2v) is 10.5. The minimum absolute atomic E-state index is 0.0536. The number of nitrogens with zero attached hydrogens (tertiary/aromatic N) is 2. The highest BCUT2D eigenvalue weighted by Crippen LogP contribution is 2.27. The second-order valence-electron chi connectivity index (χ2n) is 8.78. The molecule has 4 nitrogen and oxygen atoms in total. The van der Waals surface area contributed by atoms with E-state index in [-0.39, 0.29) is 5.91 Å². The van der Waals surface area contributed by atoms with Crippen molar-refractivity contribution in [1.29, 1.82) is 0 Å². The van der Waals surface area contributed by atoms with Crippen molar-refractivity contribution in [3.8, 4) is 11.1 Å². The summed E-state index contributed by atoms with van der Waals surface area (Å²) in [6.45, 7) is 3.92. The van der Waals surface area contributed by atoms with Gasteiger partial charge in [0.15, 0.2) is 0 Å². The molecule has 0 spiro atoms. The minimum Gasteiger partial charge on any atom is -0.348 e. The van der Waals surface area contributed by atoms with E-state index in [1.807, 2.05) is 41.2 Å². The zero-order chi connectivity index (χ0) is 23.9. The Kier molecular flexibility index (Phi) is 7.93. The van der Waals surface area contributed by atoms with Crippen molar-refractivity contribution in [2.45, 2.75) is 36.6 Å². The highest BCUT2D eigenvalue weighted by atomic mass is 32.2. The van der Waals surface area contributed by atoms with E-state index in [4.69, 9.17) is 0 Å². The topological polar surface area (TPSA) is 45.2 Å². The van der Waals surface area contributed by atoms with E-state index in [0.29, 0.717) is 12.1 Å². The van der Waals surface area contributed by atoms with Gasteiger partial charge in [-0.3, -0.25) is 9.69 Å². The first-order valence-corrected chi connectivity index (χ1v) is 14.0. The molecular formula is C29H29N3OS2. The second kappa shape index (κ2) is 11.7. The average molecular weight is 500 g/mol. The van der Waals surface area contributed by atoms with Gasteiger partial charge in [-0.2, -0.15) is 0 Å². The molecule has 4 aromatic rings. The lowest BCUT2D eigenvalue weighted by atomic mass is 9.98. The van der Waals surface area contributed by atoms with Gasteiger partial charge in [0, 0.05) is 29.1 Å². The first kappa shape index (κ1) is 23.8. The predicted molar refractivity (Wildman–Crippen MR) is 146 cm³/mol. The quantitative estimate of drug-likeness (QED) is 0.263. The molecule has 0 saturated carbocycles. The van der Waals surface area contributed by atoms with E-state index in [0.717, 1.165) is 34.0 Å². The summed E-state index contributed by atoms with van der Waals surface area (Å²) in [4.78, 5) is 21.0. The predicted octanol–water partition coefficient (Wildman–Crippen LogP) is 6.63. The van der Waals surface area contributed by atoms with Crippen LogP contribution in [0.3, 0.4) is 0 Å². The molecule has 1 aliphatic heterocycles. The lowest BCUT2D eigenvalue weighted by molar-refractivity contribution is 0.0948. The standard InChI is InChI=1S/C29H29N3OS2/c33-29(27-9-3-4-10-28(27)35-20-25-19-34-21-31-25)30-17-24-7-1-2-8-26(24)23-13-11-22(12-14-23)18-32-15-5-6-16-32/h1-4,7-14,19,21H,5-6,15-18,20H2,(H,30,33). The van der Waals surface area contributed by atoms with Crippen LogP contribution in [0.15, 0.2) is 88.6 Å². The molecule has 1 aliphatic rings. The van der Waals surface area contributed by atoms with Crippen molar-refractivity contribution in [3.63, 3.8) is 0 Å². The average Bonchev–Trinajstić information content (AvgIpc) is 3.62. The summed E-state index contributed by atoms with van der Waals surface area (Å²) in [6.07, 6.45) is 2.62. The molecule has 0 unspecified atom stereocenters. The summed E-state index contributed by atoms with van der Waals surface area (Å²) in [5.74, 6) is 0.701. The number of aromatic nitrogens is 1. The number of hydrogen-bond donors (Lipinski definition) is 1. The minimum atomic E-state index is -0.0536. The van der Waals surface area contributed by atoms with Crippen LogP contribution >= 0.6 is 23.1 Å². The fourth-order valence-electron chi connectivity index (χ4n) is 4.46. The van der Waals surface area contributed by atoms with Crippen molar-refractivity contribution in [3.05, 3.63) is 106 Å². The molecule has 2 heterocycles. The monoisotopic (exact) mass is 499 g/mol. The molecule has 6 heteroatoms. The summed E-state index contributed by atoms with van der Waals surface area (Å²) in [5.41, 5.74) is 8.39. The van der Waals surface area contributed by atoms with E-state index in [2.05, 4.69) is 57.7 Å². The number of amides is 1. The SMILES string of the molecule is O=C(NCc1ccccc1-c1ccc(CN2CCCC2)cc1)c1ccccc1SCc1cscn1. The van der Waals surface area contributed by atoms with Crippen LogP contribution in [0.4, 0.5) is 0 Å². The zero-order valence-electron chi connectivity index (χ0n) is 19.7. The molecule has 0 bridgehead atoms. The number of thioether (sulfide) groups is 1. The molecule has 0 radical (unpaired) electrons. The normalized spacial score (nSPS) is 13.7. The third kappa shape index (κ3) is 6.20. The third-order valence-electron chi connectivity index (χ3n) is 6.32. The fraction of sp³-hybridized carbons (Fsp3) is 0.241. The maximum Gasteiger partial charge on any atom is 0.252 e. The van der Waals surface area contributed by atoms with Crippen LogP contribution < -0.4 is 5.32 Å². The summed E-state index contributed by atoms with van der Waals surface area (Å²) < 4.78 is 0. The van der Waals surface area contributed by atoms with Gasteiger partial charge in [-0.1, -0.05) is 60.7 Å². The van der Waals surface area contributed by atoms with Crippen LogP contribution in [0.25, 0.3) is 11.1 Å². The van der Waals surface area contributed by atoms with E-state index in [1.165, 1.54) is 37.1 Å². The summed E-state index contributed by atoms with van der Waals surface area (Å²) in [7, 11) is 0. The summed E-state index contributed by atoms with van der Waals surface area (Å²) in [6, 6.07) is 25.0. The Bertz CT molecular complexity index is 1250. The molecular weight excluding hydrogens is 470 g/mol. The van der Waals surface area contributed by atoms with E-state index in [9.17, 15) is 4.79 Å². The van der Waals surface area contributed by atoms with Gasteiger partial charge < -0.3 is 5.32 Å². The Morgan fingerprint density at radius 3 is 2.54 bits per heavy atom. The lowest BCUT2D eigenvalue weighted by Crippen LogP contribution is -2.23. The van der Waals surface area contributed by atoms with E-state index >= 15 is 0 Å². The van der Waals surface area contributed by atoms with Gasteiger partial charge in [-0.05, 0) is 60.3 Å². The van der Waals surface area contributed by atoms with Gasteiger partial charge in [-0.15, -0.1) is 23.1 Å². The highest BCUT2D eigenvalue weighted by molar-refractivity contribution is 7.98. The first-order valence-electron chi connectivity index (χ1n) is 12.0. The molecule has 178 valence electrons. The molecule has 1 amide bonds. The number of rotatable bonds is 9. The maximum atomic E-state index is 13.1. The van der Waals surface area contributed by atoms with Gasteiger partial charge in [0.25, 0.3) is 5.91 Å². The first-order chi connectivity index (χ1) is 17.3. The molecule has 0 atom stereocenters. The summed E-state index contributed by atoms with van der Waals surface area (Å²) >= 11 is 3.24. The zero-order valence-corrected chi connectivity index (χ0v) is 21.3. The Hall–Kier alpha value is -2.93. The van der Waals surface area contributed by atoms with Gasteiger partial charge >= 0.3 is 0 Å². The number of benzene rings is 3. The fourth-order valence-corrected chi connectivity index (χ4v) is 6.07. The Balaban J connectivity index is 1.25. The van der Waals surface area contributed by atoms with Crippen LogP contribution in [-0.4, -0.2) is 28.9 Å². The number of likely N-dealkylation sites (tertiary alicyclic amines) is 1. The molecule has 1 fully saturated rings. The molecule has 5 rings (SSSR count). The van der Waals surface area contributed by atoms with Crippen LogP contribution in [0.2, 0.25) is 0 Å². The van der Waals surface area contributed by atoms with E-state index in [1.54, 1.807) is 23.1 Å². The van der Waals surface area contributed by atoms with Crippen LogP contribution in [0, 0.1) is 0 Å². The number of thiazole rings is 1. The Morgan fingerprint density at radius 2 is 1.74 bits per heavy atom. The van der Waals surface area contributed by atoms with Crippen molar-refractivity contribution in [2.24, 2.45) is 0 Å². The number of carbonyl (C=O) groups excluding carboxylic acids is 1. The lowest BCUT2D eigenvalue weighted by Gasteiger charge is -2.15. The third-order valence-corrected chi connectivity index (χ3v) is 8.06. The molecule has 1 N–H and O–H groups in total. The molecule has 1 aromatic heterocycles. The smallest absolute Gasteiger partial charge is 0.252 e. The molecule has 1 saturated heterocycles. The Labute approximate surface area is 215 Å². The van der Waals surface area contributed by atoms with Gasteiger partial charge in [0.05, 0.1) is 16.8 Å². The van der Waals surface area contributed by atoms with Crippen molar-refractivity contribution in [2.75, 3.05) is 13.1 Å². The van der Waals surface area contributed by atoms with Crippen LogP contribution in [-0.2, 0) is 18.8 Å². The summed E-state index contributed by atoms with van der Waals surface area (Å²) in [5, 5.41) is 5.19. The number of carbonyl (C=O) groups is 1. The van der Waals surface area contributed by atoms with Crippen molar-refractivity contribution >= 4 is 29.0 Å². The van der Waals surface area contributed by atoms with Gasteiger partial charge in [-0.25, -0.2) is 4.98 Å².